The number of amides is 1. The molecule has 0 bridgehead atoms. The summed E-state index contributed by atoms with van der Waals surface area (Å²) in [6, 6.07) is 5.39. The molecule has 0 aliphatic rings. The van der Waals surface area contributed by atoms with Crippen LogP contribution in [0.3, 0.4) is 0 Å². The van der Waals surface area contributed by atoms with Gasteiger partial charge in [-0.05, 0) is 31.5 Å². The number of nitrogens with two attached hydrogens (primary N) is 1. The molecule has 1 rings (SSSR count). The van der Waals surface area contributed by atoms with E-state index in [1.807, 2.05) is 25.1 Å². The summed E-state index contributed by atoms with van der Waals surface area (Å²) in [5, 5.41) is 5.65. The third-order valence-electron chi connectivity index (χ3n) is 2.30. The first-order valence-electron chi connectivity index (χ1n) is 4.89. The molecule has 1 aromatic carbocycles. The summed E-state index contributed by atoms with van der Waals surface area (Å²) in [5.41, 5.74) is 8.38. The lowest BCUT2D eigenvalue weighted by Gasteiger charge is -2.14. The maximum absolute atomic E-state index is 11.3. The highest BCUT2D eigenvalue weighted by Gasteiger charge is 2.10. The van der Waals surface area contributed by atoms with Crippen molar-refractivity contribution in [3.8, 4) is 0 Å². The van der Waals surface area contributed by atoms with Gasteiger partial charge in [0, 0.05) is 18.4 Å². The Balaban J connectivity index is 2.73. The molecule has 0 radical (unpaired) electrons. The fraction of sp³-hybridized carbons (Fsp3) is 0.364. The molecular weight excluding hydrogens is 190 g/mol. The third-order valence-corrected chi connectivity index (χ3v) is 2.30. The molecule has 1 unspecified atom stereocenters. The van der Waals surface area contributed by atoms with Crippen molar-refractivity contribution < 1.29 is 4.79 Å². The van der Waals surface area contributed by atoms with Crippen LogP contribution in [-0.2, 0) is 4.79 Å². The quantitative estimate of drug-likeness (QED) is 0.651. The molecule has 4 heteroatoms. The van der Waals surface area contributed by atoms with Gasteiger partial charge in [0.05, 0.1) is 0 Å². The lowest BCUT2D eigenvalue weighted by Crippen LogP contribution is -2.35. The Morgan fingerprint density at radius 1 is 1.47 bits per heavy atom. The van der Waals surface area contributed by atoms with Gasteiger partial charge in [0.25, 0.3) is 0 Å². The number of hydrogen-bond acceptors (Lipinski definition) is 3. The highest BCUT2D eigenvalue weighted by molar-refractivity contribution is 5.84. The van der Waals surface area contributed by atoms with Gasteiger partial charge in [-0.15, -0.1) is 0 Å². The Hall–Kier alpha value is -1.71. The molecule has 0 saturated carbocycles. The monoisotopic (exact) mass is 207 g/mol. The van der Waals surface area contributed by atoms with E-state index in [0.717, 1.165) is 16.9 Å². The Morgan fingerprint density at radius 2 is 2.13 bits per heavy atom. The van der Waals surface area contributed by atoms with Gasteiger partial charge in [-0.25, -0.2) is 0 Å². The second-order valence-electron chi connectivity index (χ2n) is 3.55. The number of carbonyl (C=O) groups is 1. The zero-order valence-electron chi connectivity index (χ0n) is 9.29. The lowest BCUT2D eigenvalue weighted by molar-refractivity contribution is -0.121. The minimum atomic E-state index is -0.267. The Labute approximate surface area is 89.9 Å². The fourth-order valence-corrected chi connectivity index (χ4v) is 1.26. The third kappa shape index (κ3) is 2.87. The second kappa shape index (κ2) is 4.68. The molecule has 0 saturated heterocycles. The van der Waals surface area contributed by atoms with Crippen molar-refractivity contribution in [3.05, 3.63) is 23.8 Å². The second-order valence-corrected chi connectivity index (χ2v) is 3.55. The molecule has 1 amide bonds. The van der Waals surface area contributed by atoms with Gasteiger partial charge in [0.15, 0.2) is 0 Å². The Bertz CT molecular complexity index is 363. The number of carbonyl (C=O) groups excluding carboxylic acids is 1. The molecular formula is C11H17N3O. The molecule has 0 aliphatic heterocycles. The van der Waals surface area contributed by atoms with E-state index < -0.39 is 0 Å². The zero-order chi connectivity index (χ0) is 11.4. The summed E-state index contributed by atoms with van der Waals surface area (Å²) in [7, 11) is 1.62. The maximum atomic E-state index is 11.3. The van der Waals surface area contributed by atoms with Crippen LogP contribution in [0.5, 0.6) is 0 Å². The predicted molar refractivity (Wildman–Crippen MR) is 62.7 cm³/mol. The maximum Gasteiger partial charge on any atom is 0.241 e. The molecule has 1 atom stereocenters. The average molecular weight is 207 g/mol. The predicted octanol–water partition coefficient (Wildman–Crippen LogP) is 1.12. The van der Waals surface area contributed by atoms with E-state index in [0.29, 0.717) is 0 Å². The van der Waals surface area contributed by atoms with Crippen molar-refractivity contribution in [2.45, 2.75) is 19.9 Å². The van der Waals surface area contributed by atoms with Gasteiger partial charge in [-0.3, -0.25) is 4.79 Å². The number of hydrogen-bond donors (Lipinski definition) is 3. The van der Waals surface area contributed by atoms with Crippen molar-refractivity contribution in [3.63, 3.8) is 0 Å². The Kier molecular flexibility index (Phi) is 3.55. The van der Waals surface area contributed by atoms with Crippen molar-refractivity contribution >= 4 is 17.3 Å². The molecule has 0 heterocycles. The molecule has 0 spiro atoms. The summed E-state index contributed by atoms with van der Waals surface area (Å²) in [6.45, 7) is 3.75. The summed E-state index contributed by atoms with van der Waals surface area (Å²) in [6.07, 6.45) is 0. The van der Waals surface area contributed by atoms with E-state index in [2.05, 4.69) is 10.6 Å². The first-order valence-corrected chi connectivity index (χ1v) is 4.89. The lowest BCUT2D eigenvalue weighted by atomic mass is 10.1. The van der Waals surface area contributed by atoms with Crippen molar-refractivity contribution in [2.24, 2.45) is 0 Å². The molecule has 1 aromatic rings. The number of benzene rings is 1. The molecule has 4 N–H and O–H groups in total. The summed E-state index contributed by atoms with van der Waals surface area (Å²) >= 11 is 0. The highest BCUT2D eigenvalue weighted by Crippen LogP contribution is 2.17. The van der Waals surface area contributed by atoms with Gasteiger partial charge < -0.3 is 16.4 Å². The minimum Gasteiger partial charge on any atom is -0.398 e. The van der Waals surface area contributed by atoms with Gasteiger partial charge in [-0.1, -0.05) is 6.07 Å². The number of aryl methyl sites for hydroxylation is 1. The van der Waals surface area contributed by atoms with Gasteiger partial charge >= 0.3 is 0 Å². The van der Waals surface area contributed by atoms with Crippen LogP contribution >= 0.6 is 0 Å². The summed E-state index contributed by atoms with van der Waals surface area (Å²) in [4.78, 5) is 11.3. The summed E-state index contributed by atoms with van der Waals surface area (Å²) in [5.74, 6) is -0.0471. The van der Waals surface area contributed by atoms with Crippen LogP contribution in [0.25, 0.3) is 0 Å². The van der Waals surface area contributed by atoms with Crippen LogP contribution in [0.1, 0.15) is 12.5 Å². The van der Waals surface area contributed by atoms with Crippen LogP contribution in [0.2, 0.25) is 0 Å². The van der Waals surface area contributed by atoms with E-state index in [9.17, 15) is 4.79 Å². The van der Waals surface area contributed by atoms with Crippen LogP contribution in [0, 0.1) is 6.92 Å². The smallest absolute Gasteiger partial charge is 0.241 e. The van der Waals surface area contributed by atoms with Crippen LogP contribution in [0.4, 0.5) is 11.4 Å². The first-order chi connectivity index (χ1) is 7.04. The van der Waals surface area contributed by atoms with E-state index in [4.69, 9.17) is 5.73 Å². The zero-order valence-corrected chi connectivity index (χ0v) is 9.29. The SMILES string of the molecule is CNC(=O)C(C)Nc1ccc(C)c(N)c1. The molecule has 82 valence electrons. The van der Waals surface area contributed by atoms with E-state index in [1.54, 1.807) is 14.0 Å². The molecule has 0 fully saturated rings. The fourth-order valence-electron chi connectivity index (χ4n) is 1.26. The standard InChI is InChI=1S/C11H17N3O/c1-7-4-5-9(6-10(7)12)14-8(2)11(15)13-3/h4-6,8,14H,12H2,1-3H3,(H,13,15). The van der Waals surface area contributed by atoms with E-state index in [1.165, 1.54) is 0 Å². The normalized spacial score (nSPS) is 11.9. The number of nitrogens with one attached hydrogen (secondary N) is 2. The van der Waals surface area contributed by atoms with Crippen molar-refractivity contribution in [1.82, 2.24) is 5.32 Å². The van der Waals surface area contributed by atoms with E-state index >= 15 is 0 Å². The molecule has 15 heavy (non-hydrogen) atoms. The van der Waals surface area contributed by atoms with Crippen LogP contribution in [-0.4, -0.2) is 19.0 Å². The van der Waals surface area contributed by atoms with Crippen molar-refractivity contribution in [2.75, 3.05) is 18.1 Å². The summed E-state index contributed by atoms with van der Waals surface area (Å²) < 4.78 is 0. The number of anilines is 2. The van der Waals surface area contributed by atoms with E-state index in [-0.39, 0.29) is 11.9 Å². The largest absolute Gasteiger partial charge is 0.398 e. The minimum absolute atomic E-state index is 0.0471. The molecule has 0 aliphatic carbocycles. The Morgan fingerprint density at radius 3 is 2.67 bits per heavy atom. The van der Waals surface area contributed by atoms with Gasteiger partial charge in [0.2, 0.25) is 5.91 Å². The topological polar surface area (TPSA) is 67.2 Å². The number of rotatable bonds is 3. The average Bonchev–Trinajstić information content (AvgIpc) is 2.22. The van der Waals surface area contributed by atoms with Gasteiger partial charge in [0.1, 0.15) is 6.04 Å². The number of likely N-dealkylation sites (N-methyl/N-ethyl adjacent to an activating group) is 1. The number of nitrogen functional groups attached to an aromatic ring is 1. The van der Waals surface area contributed by atoms with Crippen molar-refractivity contribution in [1.29, 1.82) is 0 Å². The van der Waals surface area contributed by atoms with Gasteiger partial charge in [-0.2, -0.15) is 0 Å². The highest BCUT2D eigenvalue weighted by atomic mass is 16.2. The molecule has 4 nitrogen and oxygen atoms in total. The molecule has 0 aromatic heterocycles. The van der Waals surface area contributed by atoms with Crippen LogP contribution in [0.15, 0.2) is 18.2 Å². The first kappa shape index (κ1) is 11.4. The van der Waals surface area contributed by atoms with Crippen LogP contribution < -0.4 is 16.4 Å².